The third kappa shape index (κ3) is 3.49. The predicted octanol–water partition coefficient (Wildman–Crippen LogP) is 3.66. The molecule has 2 aromatic rings. The second kappa shape index (κ2) is 6.60. The van der Waals surface area contributed by atoms with Crippen LogP contribution in [0.15, 0.2) is 12.1 Å². The molecule has 5 heteroatoms. The summed E-state index contributed by atoms with van der Waals surface area (Å²) >= 11 is 0. The first-order valence-electron chi connectivity index (χ1n) is 8.52. The fourth-order valence-corrected chi connectivity index (χ4v) is 3.23. The number of hydrogen-bond acceptors (Lipinski definition) is 3. The molecular formula is C18H26N4O. The number of aromatic amines is 1. The average molecular weight is 314 g/mol. The van der Waals surface area contributed by atoms with E-state index in [1.54, 1.807) is 0 Å². The Morgan fingerprint density at radius 3 is 2.78 bits per heavy atom. The van der Waals surface area contributed by atoms with E-state index in [0.29, 0.717) is 5.84 Å². The lowest BCUT2D eigenvalue weighted by atomic mass is 10.1. The molecule has 0 bridgehead atoms. The fourth-order valence-electron chi connectivity index (χ4n) is 3.23. The van der Waals surface area contributed by atoms with Crippen molar-refractivity contribution < 1.29 is 4.74 Å². The number of amidine groups is 1. The van der Waals surface area contributed by atoms with Crippen LogP contribution in [0.25, 0.3) is 11.0 Å². The molecule has 124 valence electrons. The number of fused-ring (bicyclic) bond motifs is 1. The molecule has 0 saturated carbocycles. The fraction of sp³-hybridized carbons (Fsp3) is 0.556. The van der Waals surface area contributed by atoms with Crippen molar-refractivity contribution in [1.29, 1.82) is 5.41 Å². The first kappa shape index (κ1) is 15.8. The van der Waals surface area contributed by atoms with E-state index in [1.165, 1.54) is 0 Å². The second-order valence-electron chi connectivity index (χ2n) is 6.46. The second-order valence-corrected chi connectivity index (χ2v) is 6.46. The Balaban J connectivity index is 1.72. The average Bonchev–Trinajstić information content (AvgIpc) is 2.91. The minimum Gasteiger partial charge on any atom is -0.490 e. The molecule has 1 fully saturated rings. The van der Waals surface area contributed by atoms with E-state index in [-0.39, 0.29) is 6.10 Å². The number of benzene rings is 1. The van der Waals surface area contributed by atoms with Gasteiger partial charge in [-0.2, -0.15) is 0 Å². The van der Waals surface area contributed by atoms with Gasteiger partial charge in [0, 0.05) is 38.4 Å². The molecule has 1 aliphatic rings. The number of H-pyrrole nitrogens is 1. The monoisotopic (exact) mass is 314 g/mol. The van der Waals surface area contributed by atoms with Gasteiger partial charge in [-0.1, -0.05) is 6.92 Å². The quantitative estimate of drug-likeness (QED) is 0.668. The molecule has 3 rings (SSSR count). The van der Waals surface area contributed by atoms with Crippen LogP contribution in [0.3, 0.4) is 0 Å². The normalized spacial score (nSPS) is 16.0. The van der Waals surface area contributed by atoms with E-state index in [0.717, 1.165) is 66.9 Å². The number of imidazole rings is 1. The number of piperidine rings is 1. The summed E-state index contributed by atoms with van der Waals surface area (Å²) in [6, 6.07) is 4.16. The number of nitrogens with zero attached hydrogens (tertiary/aromatic N) is 2. The number of ether oxygens (including phenoxy) is 1. The predicted molar refractivity (Wildman–Crippen MR) is 93.4 cm³/mol. The van der Waals surface area contributed by atoms with Gasteiger partial charge in [-0.25, -0.2) is 4.98 Å². The summed E-state index contributed by atoms with van der Waals surface area (Å²) in [7, 11) is 0. The molecule has 1 aromatic carbocycles. The SMILES string of the molecule is CCCc1nc2c(C)cc(OC3CCN(C(C)=N)CC3)cc2[nH]1. The maximum absolute atomic E-state index is 7.70. The van der Waals surface area contributed by atoms with Gasteiger partial charge in [0.25, 0.3) is 0 Å². The molecule has 1 aromatic heterocycles. The molecule has 1 saturated heterocycles. The molecule has 0 spiro atoms. The van der Waals surface area contributed by atoms with Gasteiger partial charge in [-0.05, 0) is 31.9 Å². The zero-order valence-corrected chi connectivity index (χ0v) is 14.3. The van der Waals surface area contributed by atoms with Gasteiger partial charge >= 0.3 is 0 Å². The first-order chi connectivity index (χ1) is 11.1. The zero-order chi connectivity index (χ0) is 16.4. The van der Waals surface area contributed by atoms with Crippen molar-refractivity contribution in [3.63, 3.8) is 0 Å². The van der Waals surface area contributed by atoms with Gasteiger partial charge in [-0.3, -0.25) is 5.41 Å². The Kier molecular flexibility index (Phi) is 4.55. The number of rotatable bonds is 4. The molecule has 23 heavy (non-hydrogen) atoms. The summed E-state index contributed by atoms with van der Waals surface area (Å²) in [6.45, 7) is 7.92. The highest BCUT2D eigenvalue weighted by atomic mass is 16.5. The van der Waals surface area contributed by atoms with Crippen molar-refractivity contribution in [2.75, 3.05) is 13.1 Å². The van der Waals surface area contributed by atoms with Crippen LogP contribution in [-0.2, 0) is 6.42 Å². The van der Waals surface area contributed by atoms with Gasteiger partial charge in [0.05, 0.1) is 16.9 Å². The summed E-state index contributed by atoms with van der Waals surface area (Å²) in [5.41, 5.74) is 3.27. The Labute approximate surface area is 137 Å². The smallest absolute Gasteiger partial charge is 0.122 e. The van der Waals surface area contributed by atoms with Crippen molar-refractivity contribution in [3.8, 4) is 5.75 Å². The molecule has 5 nitrogen and oxygen atoms in total. The van der Waals surface area contributed by atoms with E-state index in [4.69, 9.17) is 10.1 Å². The molecule has 2 heterocycles. The van der Waals surface area contributed by atoms with E-state index < -0.39 is 0 Å². The molecule has 2 N–H and O–H groups in total. The van der Waals surface area contributed by atoms with E-state index in [1.807, 2.05) is 6.92 Å². The summed E-state index contributed by atoms with van der Waals surface area (Å²) in [5.74, 6) is 2.63. The zero-order valence-electron chi connectivity index (χ0n) is 14.3. The standard InChI is InChI=1S/C18H26N4O/c1-4-5-17-20-16-11-15(10-12(2)18(16)21-17)23-14-6-8-22(9-7-14)13(3)19/h10-11,14,19H,4-9H2,1-3H3,(H,20,21). The van der Waals surface area contributed by atoms with Crippen LogP contribution in [0, 0.1) is 12.3 Å². The highest BCUT2D eigenvalue weighted by molar-refractivity contribution is 5.80. The summed E-state index contributed by atoms with van der Waals surface area (Å²) in [5, 5.41) is 7.70. The lowest BCUT2D eigenvalue weighted by Crippen LogP contribution is -2.40. The van der Waals surface area contributed by atoms with Crippen molar-refractivity contribution in [1.82, 2.24) is 14.9 Å². The van der Waals surface area contributed by atoms with Crippen LogP contribution in [-0.4, -0.2) is 39.9 Å². The maximum atomic E-state index is 7.70. The molecule has 0 radical (unpaired) electrons. The van der Waals surface area contributed by atoms with Gasteiger partial charge in [0.15, 0.2) is 0 Å². The molecule has 0 atom stereocenters. The van der Waals surface area contributed by atoms with Gasteiger partial charge in [0.1, 0.15) is 17.7 Å². The lowest BCUT2D eigenvalue weighted by Gasteiger charge is -2.32. The first-order valence-corrected chi connectivity index (χ1v) is 8.52. The minimum absolute atomic E-state index is 0.237. The Hall–Kier alpha value is -2.04. The van der Waals surface area contributed by atoms with Crippen molar-refractivity contribution in [3.05, 3.63) is 23.5 Å². The Morgan fingerprint density at radius 2 is 2.13 bits per heavy atom. The minimum atomic E-state index is 0.237. The number of nitrogens with one attached hydrogen (secondary N) is 2. The van der Waals surface area contributed by atoms with Gasteiger partial charge < -0.3 is 14.6 Å². The van der Waals surface area contributed by atoms with Crippen LogP contribution in [0.4, 0.5) is 0 Å². The third-order valence-electron chi connectivity index (χ3n) is 4.51. The maximum Gasteiger partial charge on any atom is 0.122 e. The topological polar surface area (TPSA) is 65.0 Å². The molecule has 0 aliphatic carbocycles. The van der Waals surface area contributed by atoms with Crippen LogP contribution in [0.5, 0.6) is 5.75 Å². The van der Waals surface area contributed by atoms with Gasteiger partial charge in [0.2, 0.25) is 0 Å². The lowest BCUT2D eigenvalue weighted by molar-refractivity contribution is 0.130. The van der Waals surface area contributed by atoms with Crippen LogP contribution in [0.1, 0.15) is 44.5 Å². The van der Waals surface area contributed by atoms with E-state index in [9.17, 15) is 0 Å². The van der Waals surface area contributed by atoms with E-state index in [2.05, 4.69) is 40.8 Å². The van der Waals surface area contributed by atoms with Gasteiger partial charge in [-0.15, -0.1) is 0 Å². The number of likely N-dealkylation sites (tertiary alicyclic amines) is 1. The number of aromatic nitrogens is 2. The van der Waals surface area contributed by atoms with Crippen LogP contribution >= 0.6 is 0 Å². The summed E-state index contributed by atoms with van der Waals surface area (Å²) in [6.07, 6.45) is 4.24. The largest absolute Gasteiger partial charge is 0.490 e. The third-order valence-corrected chi connectivity index (χ3v) is 4.51. The van der Waals surface area contributed by atoms with Crippen LogP contribution < -0.4 is 4.74 Å². The van der Waals surface area contributed by atoms with Crippen molar-refractivity contribution in [2.24, 2.45) is 0 Å². The Morgan fingerprint density at radius 1 is 1.39 bits per heavy atom. The Bertz CT molecular complexity index is 698. The number of hydrogen-bond donors (Lipinski definition) is 2. The molecule has 0 amide bonds. The van der Waals surface area contributed by atoms with E-state index >= 15 is 0 Å². The number of aryl methyl sites for hydroxylation is 2. The highest BCUT2D eigenvalue weighted by Crippen LogP contribution is 2.26. The van der Waals surface area contributed by atoms with Crippen molar-refractivity contribution >= 4 is 16.9 Å². The molecular weight excluding hydrogens is 288 g/mol. The summed E-state index contributed by atoms with van der Waals surface area (Å²) in [4.78, 5) is 10.2. The highest BCUT2D eigenvalue weighted by Gasteiger charge is 2.21. The molecule has 0 unspecified atom stereocenters. The van der Waals surface area contributed by atoms with Crippen LogP contribution in [0.2, 0.25) is 0 Å². The van der Waals surface area contributed by atoms with Crippen molar-refractivity contribution in [2.45, 2.75) is 52.6 Å². The molecule has 1 aliphatic heterocycles. The summed E-state index contributed by atoms with van der Waals surface area (Å²) < 4.78 is 6.20.